The fourth-order valence-electron chi connectivity index (χ4n) is 2.96. The molecule has 25 heavy (non-hydrogen) atoms. The monoisotopic (exact) mass is 345 g/mol. The predicted molar refractivity (Wildman–Crippen MR) is 103 cm³/mol. The Bertz CT molecular complexity index is 560. The van der Waals surface area contributed by atoms with Crippen molar-refractivity contribution in [3.63, 3.8) is 0 Å². The number of guanidine groups is 1. The zero-order valence-electron chi connectivity index (χ0n) is 15.5. The first-order valence-electron chi connectivity index (χ1n) is 9.21. The molecule has 0 spiro atoms. The molecule has 1 saturated heterocycles. The van der Waals surface area contributed by atoms with Crippen LogP contribution in [0, 0.1) is 5.92 Å². The molecule has 0 radical (unpaired) electrons. The number of nitrogens with zero attached hydrogens (tertiary/aromatic N) is 2. The van der Waals surface area contributed by atoms with Gasteiger partial charge in [-0.1, -0.05) is 30.9 Å². The number of para-hydroxylation sites is 1. The maximum atomic E-state index is 5.73. The van der Waals surface area contributed by atoms with Crippen molar-refractivity contribution in [2.75, 3.05) is 39.5 Å². The van der Waals surface area contributed by atoms with E-state index in [9.17, 15) is 0 Å². The summed E-state index contributed by atoms with van der Waals surface area (Å²) in [5, 5.41) is 3.41. The lowest BCUT2D eigenvalue weighted by Gasteiger charge is -2.22. The largest absolute Gasteiger partial charge is 0.489 e. The van der Waals surface area contributed by atoms with Crippen LogP contribution in [0.2, 0.25) is 0 Å². The topological polar surface area (TPSA) is 46.1 Å². The van der Waals surface area contributed by atoms with E-state index >= 15 is 0 Å². The van der Waals surface area contributed by atoms with E-state index in [1.165, 1.54) is 0 Å². The Labute approximate surface area is 151 Å². The van der Waals surface area contributed by atoms with Crippen molar-refractivity contribution < 1.29 is 9.47 Å². The number of nitrogens with one attached hydrogen (secondary N) is 1. The zero-order chi connectivity index (χ0) is 17.9. The fourth-order valence-corrected chi connectivity index (χ4v) is 2.96. The number of rotatable bonds is 9. The van der Waals surface area contributed by atoms with E-state index in [-0.39, 0.29) is 0 Å². The molecule has 1 fully saturated rings. The molecule has 1 aliphatic heterocycles. The lowest BCUT2D eigenvalue weighted by atomic mass is 10.1. The van der Waals surface area contributed by atoms with Crippen molar-refractivity contribution in [1.82, 2.24) is 10.2 Å². The lowest BCUT2D eigenvalue weighted by Crippen LogP contribution is -2.40. The molecule has 138 valence electrons. The molecular weight excluding hydrogens is 314 g/mol. The second-order valence-electron chi connectivity index (χ2n) is 6.14. The van der Waals surface area contributed by atoms with Crippen molar-refractivity contribution in [3.05, 3.63) is 42.5 Å². The van der Waals surface area contributed by atoms with Crippen molar-refractivity contribution in [2.24, 2.45) is 10.9 Å². The summed E-state index contributed by atoms with van der Waals surface area (Å²) < 4.78 is 11.3. The molecule has 1 N–H and O–H groups in total. The van der Waals surface area contributed by atoms with Crippen molar-refractivity contribution >= 4 is 5.96 Å². The molecule has 0 saturated carbocycles. The minimum Gasteiger partial charge on any atom is -0.489 e. The maximum Gasteiger partial charge on any atom is 0.194 e. The molecular formula is C20H31N3O2. The third kappa shape index (κ3) is 6.09. The Morgan fingerprint density at radius 2 is 2.24 bits per heavy atom. The zero-order valence-corrected chi connectivity index (χ0v) is 15.5. The van der Waals surface area contributed by atoms with Crippen molar-refractivity contribution in [2.45, 2.75) is 26.8 Å². The summed E-state index contributed by atoms with van der Waals surface area (Å²) >= 11 is 0. The van der Waals surface area contributed by atoms with Crippen LogP contribution in [0.25, 0.3) is 0 Å². The number of aliphatic imine (C=N–C) groups is 1. The molecule has 1 aromatic rings. The van der Waals surface area contributed by atoms with Crippen molar-refractivity contribution in [3.8, 4) is 5.75 Å². The molecule has 0 aliphatic carbocycles. The number of hydrogen-bond acceptors (Lipinski definition) is 3. The highest BCUT2D eigenvalue weighted by Crippen LogP contribution is 2.20. The van der Waals surface area contributed by atoms with Crippen LogP contribution in [0.5, 0.6) is 5.75 Å². The lowest BCUT2D eigenvalue weighted by molar-refractivity contribution is 0.114. The van der Waals surface area contributed by atoms with E-state index in [2.05, 4.69) is 29.8 Å². The van der Waals surface area contributed by atoms with Gasteiger partial charge in [0.25, 0.3) is 0 Å². The predicted octanol–water partition coefficient (Wildman–Crippen LogP) is 3.08. The van der Waals surface area contributed by atoms with Gasteiger partial charge in [0.1, 0.15) is 12.4 Å². The summed E-state index contributed by atoms with van der Waals surface area (Å²) in [6, 6.07) is 8.05. The molecule has 0 bridgehead atoms. The Kier molecular flexibility index (Phi) is 8.32. The van der Waals surface area contributed by atoms with Gasteiger partial charge in [-0.05, 0) is 26.3 Å². The van der Waals surface area contributed by atoms with E-state index in [4.69, 9.17) is 14.5 Å². The Morgan fingerprint density at radius 3 is 3.00 bits per heavy atom. The number of benzene rings is 1. The third-order valence-corrected chi connectivity index (χ3v) is 4.21. The highest BCUT2D eigenvalue weighted by molar-refractivity contribution is 5.80. The minimum absolute atomic E-state index is 0.506. The van der Waals surface area contributed by atoms with Gasteiger partial charge in [0.15, 0.2) is 5.96 Å². The Hall–Kier alpha value is -2.01. The second kappa shape index (κ2) is 10.8. The number of hydrogen-bond donors (Lipinski definition) is 1. The summed E-state index contributed by atoms with van der Waals surface area (Å²) in [5.41, 5.74) is 1.09. The maximum absolute atomic E-state index is 5.73. The summed E-state index contributed by atoms with van der Waals surface area (Å²) in [7, 11) is 0. The molecule has 5 heteroatoms. The smallest absolute Gasteiger partial charge is 0.194 e. The summed E-state index contributed by atoms with van der Waals surface area (Å²) in [4.78, 5) is 7.17. The van der Waals surface area contributed by atoms with Crippen LogP contribution in [0.4, 0.5) is 0 Å². The molecule has 0 amide bonds. The van der Waals surface area contributed by atoms with Crippen LogP contribution in [0.1, 0.15) is 25.8 Å². The summed E-state index contributed by atoms with van der Waals surface area (Å²) in [6.07, 6.45) is 2.91. The first-order valence-corrected chi connectivity index (χ1v) is 9.21. The van der Waals surface area contributed by atoms with Crippen LogP contribution in [0.15, 0.2) is 41.9 Å². The first kappa shape index (κ1) is 19.3. The van der Waals surface area contributed by atoms with Gasteiger partial charge in [-0.2, -0.15) is 0 Å². The molecule has 2 rings (SSSR count). The molecule has 1 heterocycles. The molecule has 1 unspecified atom stereocenters. The van der Waals surface area contributed by atoms with Crippen molar-refractivity contribution in [1.29, 1.82) is 0 Å². The molecule has 1 aliphatic rings. The van der Waals surface area contributed by atoms with Gasteiger partial charge in [0, 0.05) is 37.7 Å². The summed E-state index contributed by atoms with van der Waals surface area (Å²) in [5.74, 6) is 2.43. The standard InChI is InChI=1S/C20H31N3O2/c1-4-13-25-19-10-8-7-9-18(19)14-22-20(21-5-2)23-12-11-17(15-23)16-24-6-3/h4,7-10,17H,1,5-6,11-16H2,2-3H3,(H,21,22). The molecule has 5 nitrogen and oxygen atoms in total. The van der Waals surface area contributed by atoms with Gasteiger partial charge in [-0.3, -0.25) is 0 Å². The van der Waals surface area contributed by atoms with E-state index < -0.39 is 0 Å². The van der Waals surface area contributed by atoms with Crippen LogP contribution >= 0.6 is 0 Å². The van der Waals surface area contributed by atoms with Gasteiger partial charge in [0.2, 0.25) is 0 Å². The van der Waals surface area contributed by atoms with Crippen LogP contribution in [0.3, 0.4) is 0 Å². The third-order valence-electron chi connectivity index (χ3n) is 4.21. The average molecular weight is 345 g/mol. The second-order valence-corrected chi connectivity index (χ2v) is 6.14. The Balaban J connectivity index is 2.01. The van der Waals surface area contributed by atoms with Crippen LogP contribution in [-0.2, 0) is 11.3 Å². The number of likely N-dealkylation sites (tertiary alicyclic amines) is 1. The summed E-state index contributed by atoms with van der Waals surface area (Å²) in [6.45, 7) is 13.5. The first-order chi connectivity index (χ1) is 12.3. The van der Waals surface area contributed by atoms with Gasteiger partial charge in [0.05, 0.1) is 13.2 Å². The number of ether oxygens (including phenoxy) is 2. The SMILES string of the molecule is C=CCOc1ccccc1CN=C(NCC)N1CCC(COCC)C1. The van der Waals surface area contributed by atoms with E-state index in [1.807, 2.05) is 25.1 Å². The van der Waals surface area contributed by atoms with Gasteiger partial charge < -0.3 is 19.7 Å². The molecule has 0 aromatic heterocycles. The fraction of sp³-hybridized carbons (Fsp3) is 0.550. The molecule has 1 atom stereocenters. The van der Waals surface area contributed by atoms with E-state index in [1.54, 1.807) is 6.08 Å². The molecule has 1 aromatic carbocycles. The highest BCUT2D eigenvalue weighted by Gasteiger charge is 2.24. The normalized spacial score (nSPS) is 17.6. The van der Waals surface area contributed by atoms with Crippen LogP contribution in [-0.4, -0.2) is 50.3 Å². The average Bonchev–Trinajstić information content (AvgIpc) is 3.11. The van der Waals surface area contributed by atoms with Gasteiger partial charge in [-0.15, -0.1) is 0 Å². The Morgan fingerprint density at radius 1 is 1.40 bits per heavy atom. The highest BCUT2D eigenvalue weighted by atomic mass is 16.5. The van der Waals surface area contributed by atoms with Gasteiger partial charge >= 0.3 is 0 Å². The quantitative estimate of drug-likeness (QED) is 0.424. The minimum atomic E-state index is 0.506. The van der Waals surface area contributed by atoms with E-state index in [0.717, 1.165) is 56.5 Å². The van der Waals surface area contributed by atoms with Gasteiger partial charge in [-0.25, -0.2) is 4.99 Å². The van der Waals surface area contributed by atoms with Crippen LogP contribution < -0.4 is 10.1 Å². The van der Waals surface area contributed by atoms with E-state index in [0.29, 0.717) is 19.1 Å².